The first kappa shape index (κ1) is 13.7. The highest BCUT2D eigenvalue weighted by Crippen LogP contribution is 2.32. The molecule has 0 atom stereocenters. The van der Waals surface area contributed by atoms with Crippen LogP contribution in [0.2, 0.25) is 0 Å². The van der Waals surface area contributed by atoms with Gasteiger partial charge in [0.2, 0.25) is 0 Å². The molecule has 0 aliphatic heterocycles. The zero-order chi connectivity index (χ0) is 12.6. The van der Waals surface area contributed by atoms with Gasteiger partial charge in [-0.15, -0.1) is 0 Å². The molecule has 90 valence electrons. The van der Waals surface area contributed by atoms with Gasteiger partial charge in [0.25, 0.3) is 0 Å². The summed E-state index contributed by atoms with van der Waals surface area (Å²) in [5.41, 5.74) is 1.96. The SMILES string of the molecule is CC(C)(C)c1cc(Br)cc(C(C)(C)CF)c1. The maximum Gasteiger partial charge on any atom is 0.0985 e. The molecule has 0 heterocycles. The van der Waals surface area contributed by atoms with Gasteiger partial charge >= 0.3 is 0 Å². The molecule has 1 aromatic rings. The monoisotopic (exact) mass is 286 g/mol. The van der Waals surface area contributed by atoms with Crippen LogP contribution in [0.4, 0.5) is 4.39 Å². The lowest BCUT2D eigenvalue weighted by Gasteiger charge is -2.26. The molecule has 0 aliphatic rings. The molecule has 0 amide bonds. The van der Waals surface area contributed by atoms with Crippen molar-refractivity contribution in [3.05, 3.63) is 33.8 Å². The predicted molar refractivity (Wildman–Crippen MR) is 71.8 cm³/mol. The first-order valence-corrected chi connectivity index (χ1v) is 6.33. The van der Waals surface area contributed by atoms with Crippen LogP contribution in [-0.4, -0.2) is 6.67 Å². The summed E-state index contributed by atoms with van der Waals surface area (Å²) in [5, 5.41) is 0. The average Bonchev–Trinajstić information content (AvgIpc) is 2.15. The van der Waals surface area contributed by atoms with E-state index in [1.165, 1.54) is 5.56 Å². The van der Waals surface area contributed by atoms with Gasteiger partial charge < -0.3 is 0 Å². The number of hydrogen-bond donors (Lipinski definition) is 0. The van der Waals surface area contributed by atoms with E-state index >= 15 is 0 Å². The highest BCUT2D eigenvalue weighted by atomic mass is 79.9. The van der Waals surface area contributed by atoms with Crippen molar-refractivity contribution in [2.24, 2.45) is 0 Å². The van der Waals surface area contributed by atoms with Crippen molar-refractivity contribution in [2.45, 2.75) is 45.4 Å². The van der Waals surface area contributed by atoms with Gasteiger partial charge in [-0.25, -0.2) is 0 Å². The third-order valence-electron chi connectivity index (χ3n) is 2.88. The second kappa shape index (κ2) is 4.48. The number of halogens is 2. The molecule has 1 aromatic carbocycles. The molecular formula is C14H20BrF. The molecule has 0 aromatic heterocycles. The summed E-state index contributed by atoms with van der Waals surface area (Å²) in [6.45, 7) is 10.0. The number of alkyl halides is 1. The van der Waals surface area contributed by atoms with E-state index in [9.17, 15) is 4.39 Å². The standard InChI is InChI=1S/C14H20BrF/c1-13(2,3)10-6-11(8-12(15)7-10)14(4,5)9-16/h6-8H,9H2,1-5H3. The van der Waals surface area contributed by atoms with Crippen molar-refractivity contribution in [3.63, 3.8) is 0 Å². The van der Waals surface area contributed by atoms with Crippen LogP contribution < -0.4 is 0 Å². The van der Waals surface area contributed by atoms with Gasteiger partial charge in [-0.05, 0) is 28.7 Å². The van der Waals surface area contributed by atoms with Gasteiger partial charge in [0.05, 0.1) is 6.67 Å². The maximum atomic E-state index is 13.0. The van der Waals surface area contributed by atoms with Crippen molar-refractivity contribution in [3.8, 4) is 0 Å². The van der Waals surface area contributed by atoms with Crippen molar-refractivity contribution in [1.82, 2.24) is 0 Å². The molecule has 1 rings (SSSR count). The van der Waals surface area contributed by atoms with E-state index < -0.39 is 5.41 Å². The third-order valence-corrected chi connectivity index (χ3v) is 3.34. The van der Waals surface area contributed by atoms with Gasteiger partial charge in [-0.2, -0.15) is 0 Å². The molecule has 0 N–H and O–H groups in total. The molecular weight excluding hydrogens is 267 g/mol. The third kappa shape index (κ3) is 3.07. The molecule has 0 radical (unpaired) electrons. The maximum absolute atomic E-state index is 13.0. The van der Waals surface area contributed by atoms with E-state index in [-0.39, 0.29) is 12.1 Å². The smallest absolute Gasteiger partial charge is 0.0985 e. The Balaban J connectivity index is 3.29. The summed E-state index contributed by atoms with van der Waals surface area (Å²) in [6.07, 6.45) is 0. The lowest BCUT2D eigenvalue weighted by molar-refractivity contribution is 0.350. The zero-order valence-corrected chi connectivity index (χ0v) is 12.3. The minimum Gasteiger partial charge on any atom is -0.250 e. The zero-order valence-electron chi connectivity index (χ0n) is 10.7. The molecule has 0 spiro atoms. The highest BCUT2D eigenvalue weighted by Gasteiger charge is 2.23. The molecule has 0 saturated carbocycles. The first-order chi connectivity index (χ1) is 7.16. The van der Waals surface area contributed by atoms with Crippen LogP contribution in [-0.2, 0) is 10.8 Å². The molecule has 0 bridgehead atoms. The van der Waals surface area contributed by atoms with Crippen LogP contribution >= 0.6 is 15.9 Å². The highest BCUT2D eigenvalue weighted by molar-refractivity contribution is 9.10. The van der Waals surface area contributed by atoms with Gasteiger partial charge in [0.15, 0.2) is 0 Å². The summed E-state index contributed by atoms with van der Waals surface area (Å²) < 4.78 is 14.0. The Labute approximate surface area is 106 Å². The first-order valence-electron chi connectivity index (χ1n) is 5.54. The Hall–Kier alpha value is -0.370. The van der Waals surface area contributed by atoms with Gasteiger partial charge in [0, 0.05) is 9.89 Å². The molecule has 0 saturated heterocycles. The van der Waals surface area contributed by atoms with Crippen LogP contribution in [0.25, 0.3) is 0 Å². The second-order valence-electron chi connectivity index (χ2n) is 6.00. The van der Waals surface area contributed by atoms with Crippen molar-refractivity contribution in [1.29, 1.82) is 0 Å². The Morgan fingerprint density at radius 3 is 1.94 bits per heavy atom. The number of hydrogen-bond acceptors (Lipinski definition) is 0. The van der Waals surface area contributed by atoms with E-state index in [1.54, 1.807) is 0 Å². The molecule has 0 nitrogen and oxygen atoms in total. The summed E-state index contributed by atoms with van der Waals surface area (Å²) >= 11 is 3.50. The van der Waals surface area contributed by atoms with E-state index in [4.69, 9.17) is 0 Å². The van der Waals surface area contributed by atoms with Crippen LogP contribution in [0.1, 0.15) is 45.7 Å². The normalized spacial score (nSPS) is 12.9. The summed E-state index contributed by atoms with van der Waals surface area (Å²) in [4.78, 5) is 0. The molecule has 2 heteroatoms. The van der Waals surface area contributed by atoms with Gasteiger partial charge in [-0.3, -0.25) is 4.39 Å². The lowest BCUT2D eigenvalue weighted by Crippen LogP contribution is -2.21. The van der Waals surface area contributed by atoms with Crippen LogP contribution in [0.5, 0.6) is 0 Å². The van der Waals surface area contributed by atoms with E-state index in [1.807, 2.05) is 19.9 Å². The van der Waals surface area contributed by atoms with Crippen LogP contribution in [0, 0.1) is 0 Å². The summed E-state index contributed by atoms with van der Waals surface area (Å²) in [5.74, 6) is 0. The van der Waals surface area contributed by atoms with E-state index in [2.05, 4.69) is 48.8 Å². The summed E-state index contributed by atoms with van der Waals surface area (Å²) in [6, 6.07) is 6.23. The Morgan fingerprint density at radius 1 is 1.00 bits per heavy atom. The fourth-order valence-corrected chi connectivity index (χ4v) is 1.98. The topological polar surface area (TPSA) is 0 Å². The van der Waals surface area contributed by atoms with E-state index in [0.717, 1.165) is 10.0 Å². The molecule has 0 aliphatic carbocycles. The molecule has 16 heavy (non-hydrogen) atoms. The molecule has 0 unspecified atom stereocenters. The predicted octanol–water partition coefficient (Wildman–Crippen LogP) is 4.99. The quantitative estimate of drug-likeness (QED) is 0.718. The van der Waals surface area contributed by atoms with Crippen molar-refractivity contribution < 1.29 is 4.39 Å². The average molecular weight is 287 g/mol. The Kier molecular flexibility index (Phi) is 3.83. The fourth-order valence-electron chi connectivity index (χ4n) is 1.49. The van der Waals surface area contributed by atoms with Gasteiger partial charge in [0.1, 0.15) is 0 Å². The fraction of sp³-hybridized carbons (Fsp3) is 0.571. The van der Waals surface area contributed by atoms with Gasteiger partial charge in [-0.1, -0.05) is 56.6 Å². The van der Waals surface area contributed by atoms with Crippen LogP contribution in [0.15, 0.2) is 22.7 Å². The minimum atomic E-state index is -0.413. The largest absolute Gasteiger partial charge is 0.250 e. The minimum absolute atomic E-state index is 0.0882. The number of rotatable bonds is 2. The van der Waals surface area contributed by atoms with Crippen molar-refractivity contribution >= 4 is 15.9 Å². The number of benzene rings is 1. The van der Waals surface area contributed by atoms with Crippen LogP contribution in [0.3, 0.4) is 0 Å². The summed E-state index contributed by atoms with van der Waals surface area (Å²) in [7, 11) is 0. The van der Waals surface area contributed by atoms with Crippen molar-refractivity contribution in [2.75, 3.05) is 6.67 Å². The second-order valence-corrected chi connectivity index (χ2v) is 6.91. The Bertz CT molecular complexity index is 375. The molecule has 0 fully saturated rings. The van der Waals surface area contributed by atoms with E-state index in [0.29, 0.717) is 0 Å². The lowest BCUT2D eigenvalue weighted by atomic mass is 9.80. The Morgan fingerprint density at radius 2 is 1.50 bits per heavy atom.